The molecule has 1 aliphatic rings. The second kappa shape index (κ2) is 5.77. The smallest absolute Gasteiger partial charge is 0.356 e. The largest absolute Gasteiger partial charge is 0.476 e. The molecule has 0 saturated carbocycles. The van der Waals surface area contributed by atoms with Gasteiger partial charge in [-0.25, -0.2) is 14.8 Å². The quantitative estimate of drug-likeness (QED) is 0.861. The van der Waals surface area contributed by atoms with Gasteiger partial charge in [-0.1, -0.05) is 0 Å². The molecule has 0 radical (unpaired) electrons. The van der Waals surface area contributed by atoms with E-state index in [2.05, 4.69) is 9.97 Å². The summed E-state index contributed by atoms with van der Waals surface area (Å²) in [5.41, 5.74) is -0.0341. The van der Waals surface area contributed by atoms with Crippen molar-refractivity contribution in [2.75, 3.05) is 31.7 Å². The molecule has 1 fully saturated rings. The maximum atomic E-state index is 10.7. The maximum absolute atomic E-state index is 10.7. The van der Waals surface area contributed by atoms with E-state index in [1.165, 1.54) is 12.4 Å². The molecule has 0 bridgehead atoms. The Bertz CT molecular complexity index is 402. The number of carboxylic acids is 1. The molecule has 6 heteroatoms. The van der Waals surface area contributed by atoms with E-state index in [0.29, 0.717) is 11.7 Å². The van der Waals surface area contributed by atoms with Crippen LogP contribution in [-0.4, -0.2) is 47.8 Å². The number of hydrogen-bond acceptors (Lipinski definition) is 5. The lowest BCUT2D eigenvalue weighted by Gasteiger charge is -2.27. The number of hydrogen-bond donors (Lipinski definition) is 1. The first-order valence-corrected chi connectivity index (χ1v) is 6.01. The van der Waals surface area contributed by atoms with E-state index in [0.717, 1.165) is 32.6 Å². The normalized spacial score (nSPS) is 19.5. The van der Waals surface area contributed by atoms with Crippen LogP contribution in [-0.2, 0) is 4.74 Å². The summed E-state index contributed by atoms with van der Waals surface area (Å²) in [7, 11) is 1.93. The van der Waals surface area contributed by atoms with Gasteiger partial charge in [0.15, 0.2) is 5.69 Å². The third-order valence-electron chi connectivity index (χ3n) is 3.04. The molecule has 1 aromatic heterocycles. The van der Waals surface area contributed by atoms with Crippen molar-refractivity contribution in [3.63, 3.8) is 0 Å². The number of carbonyl (C=O) groups is 1. The van der Waals surface area contributed by atoms with Gasteiger partial charge in [0.05, 0.1) is 19.0 Å². The lowest BCUT2D eigenvalue weighted by Crippen LogP contribution is -2.31. The summed E-state index contributed by atoms with van der Waals surface area (Å²) in [5.74, 6) is 0.132. The molecule has 1 N–H and O–H groups in total. The van der Waals surface area contributed by atoms with E-state index < -0.39 is 5.97 Å². The highest BCUT2D eigenvalue weighted by Crippen LogP contribution is 2.17. The fraction of sp³-hybridized carbons (Fsp3) is 0.583. The Labute approximate surface area is 106 Å². The molecule has 1 unspecified atom stereocenters. The van der Waals surface area contributed by atoms with E-state index in [-0.39, 0.29) is 5.69 Å². The van der Waals surface area contributed by atoms with E-state index in [1.807, 2.05) is 11.9 Å². The van der Waals surface area contributed by atoms with E-state index in [4.69, 9.17) is 9.84 Å². The molecule has 0 amide bonds. The van der Waals surface area contributed by atoms with Crippen LogP contribution in [0.5, 0.6) is 0 Å². The van der Waals surface area contributed by atoms with Gasteiger partial charge in [-0.3, -0.25) is 0 Å². The summed E-state index contributed by atoms with van der Waals surface area (Å²) in [6.45, 7) is 2.49. The minimum Gasteiger partial charge on any atom is -0.476 e. The summed E-state index contributed by atoms with van der Waals surface area (Å²) < 4.78 is 5.43. The second-order valence-corrected chi connectivity index (χ2v) is 4.53. The molecule has 1 atom stereocenters. The summed E-state index contributed by atoms with van der Waals surface area (Å²) in [6.07, 6.45) is 5.03. The zero-order valence-corrected chi connectivity index (χ0v) is 10.4. The van der Waals surface area contributed by atoms with Crippen molar-refractivity contribution in [2.45, 2.75) is 12.8 Å². The number of carboxylic acid groups (broad SMARTS) is 1. The minimum atomic E-state index is -1.06. The molecule has 0 spiro atoms. The highest BCUT2D eigenvalue weighted by molar-refractivity contribution is 5.84. The average Bonchev–Trinajstić information content (AvgIpc) is 2.40. The average molecular weight is 251 g/mol. The second-order valence-electron chi connectivity index (χ2n) is 4.53. The summed E-state index contributed by atoms with van der Waals surface area (Å²) in [5, 5.41) is 8.74. The van der Waals surface area contributed by atoms with Crippen LogP contribution >= 0.6 is 0 Å². The van der Waals surface area contributed by atoms with Crippen LogP contribution in [0.2, 0.25) is 0 Å². The number of ether oxygens (including phenoxy) is 1. The molecule has 0 aromatic carbocycles. The maximum Gasteiger partial charge on any atom is 0.356 e. The predicted molar refractivity (Wildman–Crippen MR) is 65.8 cm³/mol. The van der Waals surface area contributed by atoms with Crippen LogP contribution < -0.4 is 4.90 Å². The Morgan fingerprint density at radius 1 is 1.56 bits per heavy atom. The highest BCUT2D eigenvalue weighted by atomic mass is 16.5. The zero-order valence-electron chi connectivity index (χ0n) is 10.4. The third-order valence-corrected chi connectivity index (χ3v) is 3.04. The van der Waals surface area contributed by atoms with Crippen molar-refractivity contribution >= 4 is 11.8 Å². The topological polar surface area (TPSA) is 75.5 Å². The van der Waals surface area contributed by atoms with Crippen LogP contribution in [0.1, 0.15) is 23.3 Å². The van der Waals surface area contributed by atoms with Gasteiger partial charge in [0.2, 0.25) is 0 Å². The lowest BCUT2D eigenvalue weighted by atomic mass is 10.0. The van der Waals surface area contributed by atoms with Crippen LogP contribution in [0.25, 0.3) is 0 Å². The van der Waals surface area contributed by atoms with Crippen molar-refractivity contribution in [2.24, 2.45) is 5.92 Å². The van der Waals surface area contributed by atoms with E-state index in [1.54, 1.807) is 0 Å². The van der Waals surface area contributed by atoms with Gasteiger partial charge in [-0.05, 0) is 18.8 Å². The molecule has 0 aliphatic carbocycles. The van der Waals surface area contributed by atoms with Crippen LogP contribution in [0.4, 0.5) is 5.82 Å². The summed E-state index contributed by atoms with van der Waals surface area (Å²) in [4.78, 5) is 20.6. The molecular formula is C12H17N3O3. The lowest BCUT2D eigenvalue weighted by molar-refractivity contribution is 0.0576. The number of aromatic carboxylic acids is 1. The van der Waals surface area contributed by atoms with Crippen LogP contribution in [0, 0.1) is 5.92 Å². The fourth-order valence-corrected chi connectivity index (χ4v) is 2.06. The summed E-state index contributed by atoms with van der Waals surface area (Å²) in [6, 6.07) is 0. The first-order valence-electron chi connectivity index (χ1n) is 6.01. The first-order chi connectivity index (χ1) is 8.66. The van der Waals surface area contributed by atoms with Crippen LogP contribution in [0.15, 0.2) is 12.4 Å². The van der Waals surface area contributed by atoms with Gasteiger partial charge in [-0.15, -0.1) is 0 Å². The molecule has 18 heavy (non-hydrogen) atoms. The molecule has 1 aliphatic heterocycles. The van der Waals surface area contributed by atoms with Crippen molar-refractivity contribution in [3.05, 3.63) is 18.1 Å². The van der Waals surface area contributed by atoms with Gasteiger partial charge in [-0.2, -0.15) is 0 Å². The Kier molecular flexibility index (Phi) is 4.09. The molecule has 2 rings (SSSR count). The number of aromatic nitrogens is 2. The van der Waals surface area contributed by atoms with Gasteiger partial charge in [0.1, 0.15) is 5.82 Å². The third kappa shape index (κ3) is 3.16. The zero-order chi connectivity index (χ0) is 13.0. The standard InChI is InChI=1S/C12H17N3O3/c1-15(7-9-3-2-4-18-8-9)11-6-13-10(5-14-11)12(16)17/h5-6,9H,2-4,7-8H2,1H3,(H,16,17). The Morgan fingerprint density at radius 3 is 2.94 bits per heavy atom. The minimum absolute atomic E-state index is 0.0341. The number of nitrogens with zero attached hydrogens (tertiary/aromatic N) is 3. The molecular weight excluding hydrogens is 234 g/mol. The molecule has 2 heterocycles. The molecule has 1 saturated heterocycles. The first kappa shape index (κ1) is 12.8. The SMILES string of the molecule is CN(CC1CCCOC1)c1cnc(C(=O)O)cn1. The Balaban J connectivity index is 1.95. The number of anilines is 1. The van der Waals surface area contributed by atoms with Crippen molar-refractivity contribution in [3.8, 4) is 0 Å². The highest BCUT2D eigenvalue weighted by Gasteiger charge is 2.17. The van der Waals surface area contributed by atoms with Gasteiger partial charge < -0.3 is 14.7 Å². The monoisotopic (exact) mass is 251 g/mol. The fourth-order valence-electron chi connectivity index (χ4n) is 2.06. The molecule has 1 aromatic rings. The van der Waals surface area contributed by atoms with Gasteiger partial charge in [0, 0.05) is 20.2 Å². The molecule has 6 nitrogen and oxygen atoms in total. The molecule has 98 valence electrons. The number of rotatable bonds is 4. The van der Waals surface area contributed by atoms with Crippen molar-refractivity contribution < 1.29 is 14.6 Å². The predicted octanol–water partition coefficient (Wildman–Crippen LogP) is 1.04. The summed E-state index contributed by atoms with van der Waals surface area (Å²) >= 11 is 0. The van der Waals surface area contributed by atoms with Gasteiger partial charge in [0.25, 0.3) is 0 Å². The van der Waals surface area contributed by atoms with Gasteiger partial charge >= 0.3 is 5.97 Å². The Morgan fingerprint density at radius 2 is 2.39 bits per heavy atom. The van der Waals surface area contributed by atoms with E-state index >= 15 is 0 Å². The van der Waals surface area contributed by atoms with Crippen molar-refractivity contribution in [1.82, 2.24) is 9.97 Å². The van der Waals surface area contributed by atoms with Crippen molar-refractivity contribution in [1.29, 1.82) is 0 Å². The van der Waals surface area contributed by atoms with Crippen LogP contribution in [0.3, 0.4) is 0 Å². The Hall–Kier alpha value is -1.69. The van der Waals surface area contributed by atoms with E-state index in [9.17, 15) is 4.79 Å².